The van der Waals surface area contributed by atoms with Crippen molar-refractivity contribution in [3.05, 3.63) is 47.0 Å². The number of fused-ring (bicyclic) bond motifs is 1. The van der Waals surface area contributed by atoms with E-state index in [4.69, 9.17) is 11.6 Å². The van der Waals surface area contributed by atoms with Crippen molar-refractivity contribution in [2.45, 2.75) is 25.8 Å². The maximum atomic E-state index is 12.4. The molecule has 2 aliphatic rings. The van der Waals surface area contributed by atoms with Crippen LogP contribution < -0.4 is 0 Å². The monoisotopic (exact) mass is 360 g/mol. The third-order valence-corrected chi connectivity index (χ3v) is 5.16. The number of likely N-dealkylation sites (tertiary alicyclic amines) is 1. The fraction of sp³-hybridized carbons (Fsp3) is 0.421. The molecule has 1 heterocycles. The van der Waals surface area contributed by atoms with Crippen LogP contribution in [0.3, 0.4) is 0 Å². The molecule has 25 heavy (non-hydrogen) atoms. The van der Waals surface area contributed by atoms with Crippen molar-refractivity contribution in [1.82, 2.24) is 9.80 Å². The molecule has 0 radical (unpaired) electrons. The average molecular weight is 361 g/mol. The highest BCUT2D eigenvalue weighted by molar-refractivity contribution is 6.30. The maximum absolute atomic E-state index is 12.4. The van der Waals surface area contributed by atoms with Crippen molar-refractivity contribution in [2.24, 2.45) is 11.8 Å². The summed E-state index contributed by atoms with van der Waals surface area (Å²) in [7, 11) is 1.72. The SMILES string of the molecule is CN(Cc1ccc(Cl)cc1)C(=O)CCN1C(=O)[C@H]2CC=CC[C@@H]2C1=O. The van der Waals surface area contributed by atoms with Gasteiger partial charge < -0.3 is 4.90 Å². The molecule has 1 aliphatic carbocycles. The van der Waals surface area contributed by atoms with E-state index in [1.807, 2.05) is 24.3 Å². The van der Waals surface area contributed by atoms with E-state index in [2.05, 4.69) is 0 Å². The lowest BCUT2D eigenvalue weighted by atomic mass is 9.85. The van der Waals surface area contributed by atoms with Gasteiger partial charge in [0.2, 0.25) is 17.7 Å². The number of carbonyl (C=O) groups is 3. The topological polar surface area (TPSA) is 57.7 Å². The molecule has 5 nitrogen and oxygen atoms in total. The molecule has 1 fully saturated rings. The molecule has 0 N–H and O–H groups in total. The Labute approximate surface area is 152 Å². The van der Waals surface area contributed by atoms with E-state index in [-0.39, 0.29) is 42.5 Å². The molecule has 3 rings (SSSR count). The first-order valence-corrected chi connectivity index (χ1v) is 8.84. The van der Waals surface area contributed by atoms with Gasteiger partial charge in [0.05, 0.1) is 11.8 Å². The fourth-order valence-electron chi connectivity index (χ4n) is 3.44. The van der Waals surface area contributed by atoms with E-state index in [0.29, 0.717) is 24.4 Å². The summed E-state index contributed by atoms with van der Waals surface area (Å²) in [5, 5.41) is 0.653. The molecule has 0 unspecified atom stereocenters. The first kappa shape index (κ1) is 17.7. The van der Waals surface area contributed by atoms with Crippen LogP contribution in [-0.2, 0) is 20.9 Å². The third kappa shape index (κ3) is 3.76. The minimum atomic E-state index is -0.237. The van der Waals surface area contributed by atoms with E-state index in [0.717, 1.165) is 5.56 Å². The highest BCUT2D eigenvalue weighted by Gasteiger charge is 2.46. The van der Waals surface area contributed by atoms with Crippen molar-refractivity contribution >= 4 is 29.3 Å². The number of imide groups is 1. The Morgan fingerprint density at radius 2 is 1.68 bits per heavy atom. The van der Waals surface area contributed by atoms with Crippen molar-refractivity contribution < 1.29 is 14.4 Å². The molecule has 1 aliphatic heterocycles. The summed E-state index contributed by atoms with van der Waals surface area (Å²) >= 11 is 5.86. The minimum Gasteiger partial charge on any atom is -0.341 e. The van der Waals surface area contributed by atoms with Crippen LogP contribution in [0.5, 0.6) is 0 Å². The summed E-state index contributed by atoms with van der Waals surface area (Å²) in [6.07, 6.45) is 5.31. The van der Waals surface area contributed by atoms with Crippen molar-refractivity contribution in [3.8, 4) is 0 Å². The molecule has 1 aromatic rings. The highest BCUT2D eigenvalue weighted by Crippen LogP contribution is 2.35. The van der Waals surface area contributed by atoms with Gasteiger partial charge in [-0.25, -0.2) is 0 Å². The standard InChI is InChI=1S/C19H21ClN2O3/c1-21(12-13-6-8-14(20)9-7-13)17(23)10-11-22-18(24)15-4-2-3-5-16(15)19(22)25/h2-3,6-9,15-16H,4-5,10-12H2,1H3/t15-,16-/m0/s1. The Balaban J connectivity index is 1.54. The van der Waals surface area contributed by atoms with E-state index in [1.54, 1.807) is 24.1 Å². The van der Waals surface area contributed by atoms with Crippen molar-refractivity contribution in [2.75, 3.05) is 13.6 Å². The molecule has 1 saturated heterocycles. The van der Waals surface area contributed by atoms with Crippen LogP contribution >= 0.6 is 11.6 Å². The zero-order valence-corrected chi connectivity index (χ0v) is 14.9. The molecule has 0 aromatic heterocycles. The first-order chi connectivity index (χ1) is 12.0. The van der Waals surface area contributed by atoms with E-state index in [9.17, 15) is 14.4 Å². The lowest BCUT2D eigenvalue weighted by molar-refractivity contribution is -0.140. The fourth-order valence-corrected chi connectivity index (χ4v) is 3.57. The quantitative estimate of drug-likeness (QED) is 0.599. The number of halogens is 1. The van der Waals surface area contributed by atoms with Gasteiger partial charge in [0.15, 0.2) is 0 Å². The summed E-state index contributed by atoms with van der Waals surface area (Å²) in [4.78, 5) is 40.0. The number of allylic oxidation sites excluding steroid dienone is 2. The third-order valence-electron chi connectivity index (χ3n) is 4.91. The van der Waals surface area contributed by atoms with Gasteiger partial charge in [-0.2, -0.15) is 0 Å². The minimum absolute atomic E-state index is 0.0939. The number of carbonyl (C=O) groups excluding carboxylic acids is 3. The average Bonchev–Trinajstić information content (AvgIpc) is 2.86. The molecular formula is C19H21ClN2O3. The Hall–Kier alpha value is -2.14. The molecule has 2 atom stereocenters. The molecule has 6 heteroatoms. The number of amides is 3. The van der Waals surface area contributed by atoms with Gasteiger partial charge in [-0.05, 0) is 30.5 Å². The van der Waals surface area contributed by atoms with Gasteiger partial charge in [-0.3, -0.25) is 19.3 Å². The zero-order chi connectivity index (χ0) is 18.0. The number of hydrogen-bond donors (Lipinski definition) is 0. The van der Waals surface area contributed by atoms with E-state index >= 15 is 0 Å². The maximum Gasteiger partial charge on any atom is 0.233 e. The van der Waals surface area contributed by atoms with Crippen LogP contribution in [0, 0.1) is 11.8 Å². The number of rotatable bonds is 5. The van der Waals surface area contributed by atoms with E-state index in [1.165, 1.54) is 4.90 Å². The predicted molar refractivity (Wildman–Crippen MR) is 94.6 cm³/mol. The molecular weight excluding hydrogens is 340 g/mol. The summed E-state index contributed by atoms with van der Waals surface area (Å²) in [6.45, 7) is 0.627. The molecule has 0 saturated carbocycles. The van der Waals surface area contributed by atoms with Gasteiger partial charge in [0.25, 0.3) is 0 Å². The number of benzene rings is 1. The smallest absolute Gasteiger partial charge is 0.233 e. The molecule has 0 bridgehead atoms. The van der Waals surface area contributed by atoms with Gasteiger partial charge in [0.1, 0.15) is 0 Å². The lowest BCUT2D eigenvalue weighted by Crippen LogP contribution is -2.36. The number of hydrogen-bond acceptors (Lipinski definition) is 3. The van der Waals surface area contributed by atoms with Gasteiger partial charge in [0, 0.05) is 31.6 Å². The second-order valence-electron chi connectivity index (χ2n) is 6.61. The Bertz CT molecular complexity index is 688. The largest absolute Gasteiger partial charge is 0.341 e. The normalized spacial score (nSPS) is 22.2. The lowest BCUT2D eigenvalue weighted by Gasteiger charge is -2.20. The Kier molecular flexibility index (Phi) is 5.23. The highest BCUT2D eigenvalue weighted by atomic mass is 35.5. The van der Waals surface area contributed by atoms with Gasteiger partial charge in [-0.1, -0.05) is 35.9 Å². The second kappa shape index (κ2) is 7.40. The van der Waals surface area contributed by atoms with E-state index < -0.39 is 0 Å². The molecule has 0 spiro atoms. The number of nitrogens with zero attached hydrogens (tertiary/aromatic N) is 2. The van der Waals surface area contributed by atoms with Crippen LogP contribution in [-0.4, -0.2) is 41.1 Å². The van der Waals surface area contributed by atoms with Crippen LogP contribution in [0.25, 0.3) is 0 Å². The zero-order valence-electron chi connectivity index (χ0n) is 14.2. The first-order valence-electron chi connectivity index (χ1n) is 8.46. The predicted octanol–water partition coefficient (Wildman–Crippen LogP) is 2.64. The second-order valence-corrected chi connectivity index (χ2v) is 7.05. The molecule has 1 aromatic carbocycles. The van der Waals surface area contributed by atoms with Crippen LogP contribution in [0.4, 0.5) is 0 Å². The Morgan fingerprint density at radius 3 is 2.24 bits per heavy atom. The van der Waals surface area contributed by atoms with Gasteiger partial charge >= 0.3 is 0 Å². The van der Waals surface area contributed by atoms with Crippen molar-refractivity contribution in [1.29, 1.82) is 0 Å². The van der Waals surface area contributed by atoms with Gasteiger partial charge in [-0.15, -0.1) is 0 Å². The molecule has 132 valence electrons. The Morgan fingerprint density at radius 1 is 1.12 bits per heavy atom. The summed E-state index contributed by atoms with van der Waals surface area (Å²) < 4.78 is 0. The summed E-state index contributed by atoms with van der Waals surface area (Å²) in [5.74, 6) is -0.831. The van der Waals surface area contributed by atoms with Crippen LogP contribution in [0.2, 0.25) is 5.02 Å². The summed E-state index contributed by atoms with van der Waals surface area (Å²) in [6, 6.07) is 7.31. The van der Waals surface area contributed by atoms with Crippen LogP contribution in [0.1, 0.15) is 24.8 Å². The summed E-state index contributed by atoms with van der Waals surface area (Å²) in [5.41, 5.74) is 0.977. The van der Waals surface area contributed by atoms with Crippen LogP contribution in [0.15, 0.2) is 36.4 Å². The van der Waals surface area contributed by atoms with Crippen molar-refractivity contribution in [3.63, 3.8) is 0 Å². The molecule has 3 amide bonds.